The number of diazo groups is 1. The minimum atomic E-state index is -3.39. The highest BCUT2D eigenvalue weighted by Gasteiger charge is 2.34. The summed E-state index contributed by atoms with van der Waals surface area (Å²) in [6, 6.07) is 3.52. The molecule has 1 atom stereocenters. The van der Waals surface area contributed by atoms with Gasteiger partial charge in [0.1, 0.15) is 4.98 Å². The zero-order valence-electron chi connectivity index (χ0n) is 8.99. The van der Waals surface area contributed by atoms with Crippen LogP contribution in [0.4, 0.5) is 0 Å². The smallest absolute Gasteiger partial charge is 0.285 e. The predicted molar refractivity (Wildman–Crippen MR) is 61.8 cm³/mol. The van der Waals surface area contributed by atoms with Gasteiger partial charge in [-0.25, -0.2) is 8.42 Å². The maximum Gasteiger partial charge on any atom is 0.394 e. The van der Waals surface area contributed by atoms with E-state index in [0.29, 0.717) is 5.56 Å². The zero-order chi connectivity index (χ0) is 12.6. The molecule has 0 fully saturated rings. The van der Waals surface area contributed by atoms with Gasteiger partial charge in [0, 0.05) is 23.5 Å². The van der Waals surface area contributed by atoms with Gasteiger partial charge in [0.2, 0.25) is 5.39 Å². The number of carbonyl (C=O) groups excluding carboxylic acids is 1. The van der Waals surface area contributed by atoms with Crippen molar-refractivity contribution < 1.29 is 13.2 Å². The lowest BCUT2D eigenvalue weighted by atomic mass is 9.93. The number of rotatable bonds is 1. The molecule has 0 aliphatic heterocycles. The highest BCUT2D eigenvalue weighted by Crippen LogP contribution is 2.27. The summed E-state index contributed by atoms with van der Waals surface area (Å²) in [7, 11) is -3.39. The summed E-state index contributed by atoms with van der Waals surface area (Å²) in [4.78, 5) is 14.9. The molecule has 1 aliphatic carbocycles. The Hall–Kier alpha value is -2.00. The SMILES string of the molecule is CS(=O)(=O)c1cccc2c1C=CC([N+]#N)C2=O. The van der Waals surface area contributed by atoms with Crippen LogP contribution in [0.5, 0.6) is 0 Å². The Morgan fingerprint density at radius 1 is 1.35 bits per heavy atom. The van der Waals surface area contributed by atoms with Crippen molar-refractivity contribution in [3.63, 3.8) is 0 Å². The predicted octanol–water partition coefficient (Wildman–Crippen LogP) is 1.52. The van der Waals surface area contributed by atoms with Gasteiger partial charge in [-0.2, -0.15) is 0 Å². The number of ketones is 1. The Labute approximate surface area is 98.3 Å². The quantitative estimate of drug-likeness (QED) is 0.707. The van der Waals surface area contributed by atoms with E-state index in [2.05, 4.69) is 4.98 Å². The topological polar surface area (TPSA) is 79.4 Å². The Balaban J connectivity index is 2.72. The number of fused-ring (bicyclic) bond motifs is 1. The third kappa shape index (κ3) is 1.85. The fourth-order valence-corrected chi connectivity index (χ4v) is 2.68. The second-order valence-electron chi connectivity index (χ2n) is 3.77. The highest BCUT2D eigenvalue weighted by molar-refractivity contribution is 7.90. The Bertz CT molecular complexity index is 668. The number of sulfone groups is 1. The van der Waals surface area contributed by atoms with Crippen molar-refractivity contribution in [2.24, 2.45) is 0 Å². The molecule has 0 saturated carbocycles. The molecule has 6 heteroatoms. The van der Waals surface area contributed by atoms with Crippen LogP contribution in [-0.2, 0) is 9.84 Å². The molecule has 1 aromatic carbocycles. The molecule has 0 radical (unpaired) electrons. The number of benzene rings is 1. The second kappa shape index (κ2) is 3.79. The molecular formula is C11H9N2O3S+. The Morgan fingerprint density at radius 3 is 2.65 bits per heavy atom. The standard InChI is InChI=1S/C11H9N2O3S/c1-17(15,16)10-4-2-3-8-7(10)5-6-9(13-12)11(8)14/h2-6,9H,1H3/q+1. The molecular weight excluding hydrogens is 240 g/mol. The third-order valence-electron chi connectivity index (χ3n) is 2.57. The lowest BCUT2D eigenvalue weighted by Gasteiger charge is -2.11. The lowest BCUT2D eigenvalue weighted by molar-refractivity contribution is 0.0987. The van der Waals surface area contributed by atoms with Crippen molar-refractivity contribution in [3.05, 3.63) is 40.4 Å². The molecule has 0 bridgehead atoms. The lowest BCUT2D eigenvalue weighted by Crippen LogP contribution is -2.20. The highest BCUT2D eigenvalue weighted by atomic mass is 32.2. The number of Topliss-reactive ketones (excluding diaryl/α,β-unsaturated/α-hetero) is 1. The number of hydrogen-bond acceptors (Lipinski definition) is 4. The summed E-state index contributed by atoms with van der Waals surface area (Å²) in [5.41, 5.74) is 0.623. The molecule has 1 aromatic rings. The molecule has 0 N–H and O–H groups in total. The molecule has 1 aliphatic rings. The van der Waals surface area contributed by atoms with Gasteiger partial charge < -0.3 is 0 Å². The van der Waals surface area contributed by atoms with E-state index >= 15 is 0 Å². The number of carbonyl (C=O) groups is 1. The molecule has 17 heavy (non-hydrogen) atoms. The van der Waals surface area contributed by atoms with Gasteiger partial charge in [0.05, 0.1) is 4.90 Å². The van der Waals surface area contributed by atoms with Crippen LogP contribution < -0.4 is 0 Å². The van der Waals surface area contributed by atoms with Gasteiger partial charge >= 0.3 is 6.04 Å². The minimum Gasteiger partial charge on any atom is -0.285 e. The van der Waals surface area contributed by atoms with E-state index in [1.54, 1.807) is 0 Å². The van der Waals surface area contributed by atoms with E-state index in [0.717, 1.165) is 6.26 Å². The van der Waals surface area contributed by atoms with Crippen LogP contribution in [0.2, 0.25) is 0 Å². The van der Waals surface area contributed by atoms with Crippen molar-refractivity contribution in [2.45, 2.75) is 10.9 Å². The van der Waals surface area contributed by atoms with Crippen molar-refractivity contribution >= 4 is 21.7 Å². The first kappa shape index (κ1) is 11.5. The van der Waals surface area contributed by atoms with Crippen molar-refractivity contribution in [2.75, 3.05) is 6.26 Å². The van der Waals surface area contributed by atoms with Crippen molar-refractivity contribution in [3.8, 4) is 0 Å². The van der Waals surface area contributed by atoms with Crippen molar-refractivity contribution in [1.29, 1.82) is 5.39 Å². The fourth-order valence-electron chi connectivity index (χ4n) is 1.78. The summed E-state index contributed by atoms with van der Waals surface area (Å²) in [6.45, 7) is 0. The van der Waals surface area contributed by atoms with Crippen molar-refractivity contribution in [1.82, 2.24) is 0 Å². The molecule has 1 unspecified atom stereocenters. The normalized spacial score (nSPS) is 18.6. The van der Waals surface area contributed by atoms with Crippen LogP contribution in [0.3, 0.4) is 0 Å². The first-order valence-electron chi connectivity index (χ1n) is 4.85. The fraction of sp³-hybridized carbons (Fsp3) is 0.182. The monoisotopic (exact) mass is 249 g/mol. The van der Waals surface area contributed by atoms with Gasteiger partial charge in [-0.1, -0.05) is 12.1 Å². The van der Waals surface area contributed by atoms with E-state index < -0.39 is 21.7 Å². The molecule has 2 rings (SSSR count). The molecule has 0 spiro atoms. The zero-order valence-corrected chi connectivity index (χ0v) is 9.81. The van der Waals surface area contributed by atoms with Crippen LogP contribution in [-0.4, -0.2) is 26.5 Å². The average Bonchev–Trinajstić information content (AvgIpc) is 2.28. The molecule has 86 valence electrons. The molecule has 0 amide bonds. The van der Waals surface area contributed by atoms with E-state index in [1.165, 1.54) is 30.4 Å². The van der Waals surface area contributed by atoms with E-state index in [4.69, 9.17) is 5.39 Å². The third-order valence-corrected chi connectivity index (χ3v) is 3.72. The molecule has 5 nitrogen and oxygen atoms in total. The number of nitrogens with zero attached hydrogens (tertiary/aromatic N) is 2. The largest absolute Gasteiger partial charge is 0.394 e. The van der Waals surface area contributed by atoms with Crippen LogP contribution in [0.1, 0.15) is 15.9 Å². The van der Waals surface area contributed by atoms with Gasteiger partial charge in [-0.15, -0.1) is 0 Å². The molecule has 0 saturated heterocycles. The van der Waals surface area contributed by atoms with E-state index in [-0.39, 0.29) is 10.5 Å². The number of hydrogen-bond donors (Lipinski definition) is 0. The maximum absolute atomic E-state index is 11.8. The van der Waals surface area contributed by atoms with Crippen LogP contribution in [0.25, 0.3) is 11.1 Å². The van der Waals surface area contributed by atoms with E-state index in [1.807, 2.05) is 0 Å². The summed E-state index contributed by atoms with van der Waals surface area (Å²) in [5.74, 6) is -0.407. The van der Waals surface area contributed by atoms with Crippen LogP contribution in [0.15, 0.2) is 29.2 Å². The van der Waals surface area contributed by atoms with Gasteiger partial charge in [0.15, 0.2) is 9.84 Å². The molecule has 0 heterocycles. The summed E-state index contributed by atoms with van der Waals surface area (Å²) < 4.78 is 23.1. The summed E-state index contributed by atoms with van der Waals surface area (Å²) >= 11 is 0. The van der Waals surface area contributed by atoms with Crippen LogP contribution in [0, 0.1) is 5.39 Å². The first-order chi connectivity index (χ1) is 7.95. The maximum atomic E-state index is 11.8. The van der Waals surface area contributed by atoms with Gasteiger partial charge in [-0.3, -0.25) is 4.79 Å². The van der Waals surface area contributed by atoms with Gasteiger partial charge in [0.25, 0.3) is 5.78 Å². The first-order valence-corrected chi connectivity index (χ1v) is 6.74. The Kier molecular flexibility index (Phi) is 2.56. The summed E-state index contributed by atoms with van der Waals surface area (Å²) in [6.07, 6.45) is 3.96. The van der Waals surface area contributed by atoms with Gasteiger partial charge in [-0.05, 0) is 12.1 Å². The minimum absolute atomic E-state index is 0.107. The second-order valence-corrected chi connectivity index (χ2v) is 5.76. The molecule has 0 aromatic heterocycles. The van der Waals surface area contributed by atoms with E-state index in [9.17, 15) is 13.2 Å². The summed E-state index contributed by atoms with van der Waals surface area (Å²) in [5, 5.41) is 8.65. The average molecular weight is 249 g/mol. The van der Waals surface area contributed by atoms with Crippen LogP contribution >= 0.6 is 0 Å². The Morgan fingerprint density at radius 2 is 2.06 bits per heavy atom.